The average Bonchev–Trinajstić information content (AvgIpc) is 2.48. The Morgan fingerprint density at radius 1 is 1.29 bits per heavy atom. The van der Waals surface area contributed by atoms with Gasteiger partial charge in [-0.25, -0.2) is 0 Å². The number of alkyl halides is 3. The summed E-state index contributed by atoms with van der Waals surface area (Å²) >= 11 is 0. The van der Waals surface area contributed by atoms with E-state index in [4.69, 9.17) is 0 Å². The minimum absolute atomic E-state index is 0.0404. The number of hydrogen-bond donors (Lipinski definition) is 1. The highest BCUT2D eigenvalue weighted by Gasteiger charge is 2.61. The lowest BCUT2D eigenvalue weighted by Crippen LogP contribution is -2.45. The topological polar surface area (TPSA) is 21.3 Å². The van der Waals surface area contributed by atoms with Crippen molar-refractivity contribution in [1.82, 2.24) is 5.48 Å². The minimum Gasteiger partial charge on any atom is -0.292 e. The van der Waals surface area contributed by atoms with Crippen LogP contribution in [-0.2, 0) is 4.84 Å². The fraction of sp³-hybridized carbons (Fsp3) is 1.00. The van der Waals surface area contributed by atoms with Crippen LogP contribution in [0.3, 0.4) is 0 Å². The van der Waals surface area contributed by atoms with Crippen LogP contribution in [0.4, 0.5) is 13.2 Å². The molecule has 0 aliphatic heterocycles. The lowest BCUT2D eigenvalue weighted by Gasteiger charge is -2.39. The first kappa shape index (κ1) is 13.1. The Morgan fingerprint density at radius 3 is 2.35 bits per heavy atom. The molecule has 17 heavy (non-hydrogen) atoms. The van der Waals surface area contributed by atoms with Gasteiger partial charge in [-0.2, -0.15) is 18.7 Å². The fourth-order valence-corrected chi connectivity index (χ4v) is 3.61. The van der Waals surface area contributed by atoms with E-state index >= 15 is 0 Å². The number of hydroxylamine groups is 1. The maximum Gasteiger partial charge on any atom is 0.413 e. The van der Waals surface area contributed by atoms with Gasteiger partial charge in [-0.3, -0.25) is 4.84 Å². The van der Waals surface area contributed by atoms with E-state index in [1.54, 1.807) is 0 Å². The van der Waals surface area contributed by atoms with Crippen molar-refractivity contribution in [3.05, 3.63) is 0 Å². The molecule has 0 radical (unpaired) electrons. The van der Waals surface area contributed by atoms with Crippen LogP contribution in [0.5, 0.6) is 0 Å². The molecule has 2 nitrogen and oxygen atoms in total. The third kappa shape index (κ3) is 2.08. The van der Waals surface area contributed by atoms with Gasteiger partial charge in [-0.05, 0) is 36.0 Å². The summed E-state index contributed by atoms with van der Waals surface area (Å²) in [7, 11) is 0. The standard InChI is InChI=1S/C12H20F3NO/c1-10(2)8-4-5-11(10,3)9(6-8)16-17-7-12(13,14)15/h8-9,16H,4-7H2,1-3H3. The van der Waals surface area contributed by atoms with E-state index in [2.05, 4.69) is 31.1 Å². The first-order valence-electron chi connectivity index (χ1n) is 6.11. The predicted molar refractivity (Wildman–Crippen MR) is 58.2 cm³/mol. The molecule has 0 spiro atoms. The van der Waals surface area contributed by atoms with Crippen molar-refractivity contribution in [2.45, 2.75) is 52.3 Å². The first-order valence-corrected chi connectivity index (χ1v) is 6.11. The highest BCUT2D eigenvalue weighted by atomic mass is 19.4. The van der Waals surface area contributed by atoms with E-state index in [1.807, 2.05) is 0 Å². The third-order valence-electron chi connectivity index (χ3n) is 5.26. The molecule has 2 fully saturated rings. The second kappa shape index (κ2) is 3.85. The Bertz CT molecular complexity index is 303. The van der Waals surface area contributed by atoms with Crippen molar-refractivity contribution < 1.29 is 18.0 Å². The van der Waals surface area contributed by atoms with Gasteiger partial charge in [0.2, 0.25) is 0 Å². The van der Waals surface area contributed by atoms with Crippen LogP contribution in [0, 0.1) is 16.7 Å². The van der Waals surface area contributed by atoms with Gasteiger partial charge in [-0.15, -0.1) is 0 Å². The van der Waals surface area contributed by atoms with Gasteiger partial charge in [0.05, 0.1) is 0 Å². The minimum atomic E-state index is -4.26. The largest absolute Gasteiger partial charge is 0.413 e. The molecule has 2 saturated carbocycles. The monoisotopic (exact) mass is 251 g/mol. The van der Waals surface area contributed by atoms with Crippen molar-refractivity contribution in [3.8, 4) is 0 Å². The summed E-state index contributed by atoms with van der Waals surface area (Å²) in [5, 5.41) is 0. The maximum absolute atomic E-state index is 12.0. The third-order valence-corrected chi connectivity index (χ3v) is 5.26. The van der Waals surface area contributed by atoms with Crippen molar-refractivity contribution >= 4 is 0 Å². The summed E-state index contributed by atoms with van der Waals surface area (Å²) in [4.78, 5) is 4.62. The molecular formula is C12H20F3NO. The summed E-state index contributed by atoms with van der Waals surface area (Å²) in [5.74, 6) is 0.597. The average molecular weight is 251 g/mol. The number of fused-ring (bicyclic) bond motifs is 2. The quantitative estimate of drug-likeness (QED) is 0.777. The van der Waals surface area contributed by atoms with Crippen LogP contribution in [0.15, 0.2) is 0 Å². The Kier molecular flexibility index (Phi) is 2.98. The van der Waals surface area contributed by atoms with Gasteiger partial charge in [-0.1, -0.05) is 20.8 Å². The summed E-state index contributed by atoms with van der Waals surface area (Å²) < 4.78 is 36.0. The summed E-state index contributed by atoms with van der Waals surface area (Å²) in [5.41, 5.74) is 2.88. The smallest absolute Gasteiger partial charge is 0.292 e. The highest BCUT2D eigenvalue weighted by Crippen LogP contribution is 2.65. The summed E-state index contributed by atoms with van der Waals surface area (Å²) in [6.45, 7) is 5.38. The van der Waals surface area contributed by atoms with Crippen LogP contribution >= 0.6 is 0 Å². The predicted octanol–water partition coefficient (Wildman–Crippen LogP) is 3.28. The summed E-state index contributed by atoms with van der Waals surface area (Å²) in [6.07, 6.45) is -1.10. The van der Waals surface area contributed by atoms with Crippen LogP contribution in [-0.4, -0.2) is 18.8 Å². The second-order valence-electron chi connectivity index (χ2n) is 6.18. The number of nitrogens with one attached hydrogen (secondary N) is 1. The number of rotatable bonds is 3. The van der Waals surface area contributed by atoms with Gasteiger partial charge >= 0.3 is 6.18 Å². The summed E-state index contributed by atoms with van der Waals surface area (Å²) in [6, 6.07) is 0.0404. The molecular weight excluding hydrogens is 231 g/mol. The molecule has 5 heteroatoms. The lowest BCUT2D eigenvalue weighted by molar-refractivity contribution is -0.197. The number of hydrogen-bond acceptors (Lipinski definition) is 2. The molecule has 2 aliphatic carbocycles. The molecule has 0 heterocycles. The van der Waals surface area contributed by atoms with Crippen LogP contribution in [0.25, 0.3) is 0 Å². The van der Waals surface area contributed by atoms with Gasteiger partial charge in [0, 0.05) is 6.04 Å². The zero-order valence-corrected chi connectivity index (χ0v) is 10.5. The molecule has 0 saturated heterocycles. The second-order valence-corrected chi connectivity index (χ2v) is 6.18. The zero-order valence-electron chi connectivity index (χ0n) is 10.5. The molecule has 3 unspecified atom stereocenters. The van der Waals surface area contributed by atoms with Crippen LogP contribution < -0.4 is 5.48 Å². The first-order chi connectivity index (χ1) is 7.67. The van der Waals surface area contributed by atoms with E-state index in [1.165, 1.54) is 6.42 Å². The molecule has 0 aromatic rings. The maximum atomic E-state index is 12.0. The SMILES string of the molecule is CC1(C)C2CCC1(C)C(NOCC(F)(F)F)C2. The zero-order chi connectivity index (χ0) is 12.9. The van der Waals surface area contributed by atoms with Crippen LogP contribution in [0.2, 0.25) is 0 Å². The Morgan fingerprint density at radius 2 is 1.94 bits per heavy atom. The van der Waals surface area contributed by atoms with E-state index in [-0.39, 0.29) is 16.9 Å². The van der Waals surface area contributed by atoms with E-state index < -0.39 is 12.8 Å². The fourth-order valence-electron chi connectivity index (χ4n) is 3.61. The van der Waals surface area contributed by atoms with Gasteiger partial charge < -0.3 is 0 Å². The molecule has 0 aromatic heterocycles. The molecule has 1 N–H and O–H groups in total. The van der Waals surface area contributed by atoms with Crippen molar-refractivity contribution in [3.63, 3.8) is 0 Å². The van der Waals surface area contributed by atoms with E-state index in [9.17, 15) is 13.2 Å². The molecule has 0 aromatic carbocycles. The molecule has 2 bridgehead atoms. The Hall–Kier alpha value is -0.290. The van der Waals surface area contributed by atoms with Gasteiger partial charge in [0.25, 0.3) is 0 Å². The van der Waals surface area contributed by atoms with E-state index in [0.29, 0.717) is 5.92 Å². The van der Waals surface area contributed by atoms with Crippen molar-refractivity contribution in [2.75, 3.05) is 6.61 Å². The molecule has 100 valence electrons. The van der Waals surface area contributed by atoms with Gasteiger partial charge in [0.1, 0.15) is 0 Å². The highest BCUT2D eigenvalue weighted by molar-refractivity contribution is 5.12. The van der Waals surface area contributed by atoms with Crippen molar-refractivity contribution in [1.29, 1.82) is 0 Å². The van der Waals surface area contributed by atoms with Gasteiger partial charge in [0.15, 0.2) is 6.61 Å². The molecule has 2 rings (SSSR count). The van der Waals surface area contributed by atoms with E-state index in [0.717, 1.165) is 12.8 Å². The normalized spacial score (nSPS) is 39.9. The Balaban J connectivity index is 1.93. The molecule has 2 aliphatic rings. The van der Waals surface area contributed by atoms with Crippen molar-refractivity contribution in [2.24, 2.45) is 16.7 Å². The molecule has 3 atom stereocenters. The van der Waals surface area contributed by atoms with Crippen LogP contribution in [0.1, 0.15) is 40.0 Å². The number of halogens is 3. The Labute approximate surface area is 99.9 Å². The lowest BCUT2D eigenvalue weighted by atomic mass is 9.69. The molecule has 0 amide bonds.